The summed E-state index contributed by atoms with van der Waals surface area (Å²) < 4.78 is 0. The molecule has 0 aliphatic heterocycles. The number of nitrogens with one attached hydrogen (secondary N) is 2. The first-order chi connectivity index (χ1) is 8.02. The summed E-state index contributed by atoms with van der Waals surface area (Å²) in [6.07, 6.45) is 0. The molecule has 17 heavy (non-hydrogen) atoms. The van der Waals surface area contributed by atoms with Crippen molar-refractivity contribution < 1.29 is 19.8 Å². The zero-order valence-corrected chi connectivity index (χ0v) is 9.95. The molecule has 94 valence electrons. The van der Waals surface area contributed by atoms with Crippen molar-refractivity contribution in [3.05, 3.63) is 16.1 Å². The Kier molecular flexibility index (Phi) is 4.85. The van der Waals surface area contributed by atoms with Crippen LogP contribution in [0.15, 0.2) is 5.38 Å². The number of thiazole rings is 1. The Morgan fingerprint density at radius 2 is 2.29 bits per heavy atom. The van der Waals surface area contributed by atoms with Gasteiger partial charge in [-0.25, -0.2) is 14.6 Å². The largest absolute Gasteiger partial charge is 0.480 e. The van der Waals surface area contributed by atoms with E-state index in [9.17, 15) is 9.59 Å². The topological polar surface area (TPSA) is 112 Å². The number of carboxylic acid groups (broad SMARTS) is 1. The maximum Gasteiger partial charge on any atom is 0.328 e. The maximum absolute atomic E-state index is 11.3. The summed E-state index contributed by atoms with van der Waals surface area (Å²) in [5, 5.41) is 24.6. The predicted molar refractivity (Wildman–Crippen MR) is 60.7 cm³/mol. The summed E-state index contributed by atoms with van der Waals surface area (Å²) in [6.45, 7) is 1.41. The number of aliphatic hydroxyl groups excluding tert-OH is 1. The molecular formula is C9H13N3O4S. The second-order valence-corrected chi connectivity index (χ2v) is 4.32. The van der Waals surface area contributed by atoms with Crippen LogP contribution in [0.5, 0.6) is 0 Å². The molecule has 2 amide bonds. The highest BCUT2D eigenvalue weighted by Gasteiger charge is 2.18. The molecule has 7 nitrogen and oxygen atoms in total. The fourth-order valence-corrected chi connectivity index (χ4v) is 1.67. The van der Waals surface area contributed by atoms with Crippen molar-refractivity contribution in [3.8, 4) is 0 Å². The highest BCUT2D eigenvalue weighted by molar-refractivity contribution is 7.09. The number of aliphatic carboxylic acids is 1. The number of aryl methyl sites for hydroxylation is 1. The van der Waals surface area contributed by atoms with Crippen molar-refractivity contribution in [1.29, 1.82) is 0 Å². The lowest BCUT2D eigenvalue weighted by molar-refractivity contribution is -0.140. The van der Waals surface area contributed by atoms with E-state index in [2.05, 4.69) is 15.6 Å². The number of carbonyl (C=O) groups is 2. The van der Waals surface area contributed by atoms with Crippen molar-refractivity contribution in [2.45, 2.75) is 19.5 Å². The van der Waals surface area contributed by atoms with E-state index < -0.39 is 24.6 Å². The van der Waals surface area contributed by atoms with Gasteiger partial charge >= 0.3 is 12.0 Å². The Morgan fingerprint density at radius 3 is 2.76 bits per heavy atom. The summed E-state index contributed by atoms with van der Waals surface area (Å²) in [7, 11) is 0. The monoisotopic (exact) mass is 259 g/mol. The van der Waals surface area contributed by atoms with Gasteiger partial charge in [-0.05, 0) is 6.92 Å². The van der Waals surface area contributed by atoms with Gasteiger partial charge in [-0.2, -0.15) is 0 Å². The van der Waals surface area contributed by atoms with Gasteiger partial charge in [0.2, 0.25) is 0 Å². The standard InChI is InChI=1S/C9H13N3O4S/c1-5-11-6(4-17-5)2-10-9(16)12-7(3-13)8(14)15/h4,7,13H,2-3H2,1H3,(H,14,15)(H2,10,12,16). The van der Waals surface area contributed by atoms with Gasteiger partial charge in [-0.3, -0.25) is 0 Å². The molecule has 0 aliphatic carbocycles. The number of carboxylic acids is 1. The van der Waals surface area contributed by atoms with E-state index in [1.54, 1.807) is 5.38 Å². The Labute approximate surface area is 101 Å². The van der Waals surface area contributed by atoms with Crippen LogP contribution in [0.4, 0.5) is 4.79 Å². The molecule has 8 heteroatoms. The Bertz CT molecular complexity index is 407. The first-order valence-electron chi connectivity index (χ1n) is 4.82. The smallest absolute Gasteiger partial charge is 0.328 e. The molecule has 1 unspecified atom stereocenters. The average Bonchev–Trinajstić information content (AvgIpc) is 2.68. The van der Waals surface area contributed by atoms with E-state index in [1.165, 1.54) is 11.3 Å². The maximum atomic E-state index is 11.3. The van der Waals surface area contributed by atoms with Crippen LogP contribution in [0.3, 0.4) is 0 Å². The quantitative estimate of drug-likeness (QED) is 0.580. The second-order valence-electron chi connectivity index (χ2n) is 3.26. The van der Waals surface area contributed by atoms with Crippen LogP contribution in [0.25, 0.3) is 0 Å². The fraction of sp³-hybridized carbons (Fsp3) is 0.444. The number of aromatic nitrogens is 1. The molecular weight excluding hydrogens is 246 g/mol. The van der Waals surface area contributed by atoms with E-state index in [1.807, 2.05) is 6.92 Å². The number of amides is 2. The van der Waals surface area contributed by atoms with E-state index >= 15 is 0 Å². The molecule has 1 atom stereocenters. The highest BCUT2D eigenvalue weighted by atomic mass is 32.1. The number of hydrogen-bond donors (Lipinski definition) is 4. The van der Waals surface area contributed by atoms with E-state index in [0.717, 1.165) is 5.01 Å². The van der Waals surface area contributed by atoms with Crippen LogP contribution < -0.4 is 10.6 Å². The first-order valence-corrected chi connectivity index (χ1v) is 5.70. The minimum Gasteiger partial charge on any atom is -0.480 e. The molecule has 0 spiro atoms. The Balaban J connectivity index is 2.37. The van der Waals surface area contributed by atoms with Gasteiger partial charge in [0, 0.05) is 5.38 Å². The van der Waals surface area contributed by atoms with Gasteiger partial charge in [0.1, 0.15) is 0 Å². The number of nitrogens with zero attached hydrogens (tertiary/aromatic N) is 1. The molecule has 0 aromatic carbocycles. The molecule has 1 rings (SSSR count). The van der Waals surface area contributed by atoms with Crippen molar-refractivity contribution in [3.63, 3.8) is 0 Å². The van der Waals surface area contributed by atoms with Crippen molar-refractivity contribution in [2.24, 2.45) is 0 Å². The summed E-state index contributed by atoms with van der Waals surface area (Å²) in [4.78, 5) is 25.9. The zero-order chi connectivity index (χ0) is 12.8. The number of rotatable bonds is 5. The van der Waals surface area contributed by atoms with Gasteiger partial charge in [-0.15, -0.1) is 11.3 Å². The predicted octanol–water partition coefficient (Wildman–Crippen LogP) is -0.304. The molecule has 0 saturated carbocycles. The third-order valence-corrected chi connectivity index (χ3v) is 2.70. The fourth-order valence-electron chi connectivity index (χ4n) is 1.06. The summed E-state index contributed by atoms with van der Waals surface area (Å²) >= 11 is 1.46. The lowest BCUT2D eigenvalue weighted by Gasteiger charge is -2.11. The van der Waals surface area contributed by atoms with Crippen LogP contribution in [0, 0.1) is 6.92 Å². The summed E-state index contributed by atoms with van der Waals surface area (Å²) in [5.74, 6) is -1.29. The van der Waals surface area contributed by atoms with Crippen molar-refractivity contribution in [2.75, 3.05) is 6.61 Å². The molecule has 0 aliphatic rings. The van der Waals surface area contributed by atoms with Gasteiger partial charge in [0.25, 0.3) is 0 Å². The molecule has 1 aromatic heterocycles. The minimum atomic E-state index is -1.30. The number of hydrogen-bond acceptors (Lipinski definition) is 5. The average molecular weight is 259 g/mol. The van der Waals surface area contributed by atoms with E-state index in [-0.39, 0.29) is 6.54 Å². The van der Waals surface area contributed by atoms with Gasteiger partial charge in [0.15, 0.2) is 6.04 Å². The summed E-state index contributed by atoms with van der Waals surface area (Å²) in [5.41, 5.74) is 0.707. The van der Waals surface area contributed by atoms with Gasteiger partial charge in [-0.1, -0.05) is 0 Å². The third kappa shape index (κ3) is 4.37. The van der Waals surface area contributed by atoms with Crippen molar-refractivity contribution in [1.82, 2.24) is 15.6 Å². The normalized spacial score (nSPS) is 11.9. The number of urea groups is 1. The molecule has 1 aromatic rings. The number of carbonyl (C=O) groups excluding carboxylic acids is 1. The molecule has 0 fully saturated rings. The third-order valence-electron chi connectivity index (χ3n) is 1.88. The SMILES string of the molecule is Cc1nc(CNC(=O)NC(CO)C(=O)O)cs1. The first kappa shape index (κ1) is 13.4. The van der Waals surface area contributed by atoms with Crippen LogP contribution in [0.1, 0.15) is 10.7 Å². The zero-order valence-electron chi connectivity index (χ0n) is 9.14. The number of aliphatic hydroxyl groups is 1. The van der Waals surface area contributed by atoms with E-state index in [4.69, 9.17) is 10.2 Å². The van der Waals surface area contributed by atoms with Crippen molar-refractivity contribution >= 4 is 23.3 Å². The molecule has 0 radical (unpaired) electrons. The second kappa shape index (κ2) is 6.16. The van der Waals surface area contributed by atoms with Crippen LogP contribution in [-0.4, -0.2) is 39.8 Å². The highest BCUT2D eigenvalue weighted by Crippen LogP contribution is 2.06. The minimum absolute atomic E-state index is 0.216. The molecule has 4 N–H and O–H groups in total. The lowest BCUT2D eigenvalue weighted by atomic mass is 10.3. The van der Waals surface area contributed by atoms with Crippen LogP contribution in [-0.2, 0) is 11.3 Å². The summed E-state index contributed by atoms with van der Waals surface area (Å²) in [6, 6.07) is -1.95. The van der Waals surface area contributed by atoms with Crippen LogP contribution in [0.2, 0.25) is 0 Å². The van der Waals surface area contributed by atoms with Crippen LogP contribution >= 0.6 is 11.3 Å². The van der Waals surface area contributed by atoms with E-state index in [0.29, 0.717) is 5.69 Å². The lowest BCUT2D eigenvalue weighted by Crippen LogP contribution is -2.47. The Hall–Kier alpha value is -1.67. The molecule has 0 bridgehead atoms. The molecule has 0 saturated heterocycles. The Morgan fingerprint density at radius 1 is 1.59 bits per heavy atom. The molecule has 1 heterocycles. The van der Waals surface area contributed by atoms with Gasteiger partial charge in [0.05, 0.1) is 23.9 Å². The van der Waals surface area contributed by atoms with Gasteiger partial charge < -0.3 is 20.8 Å².